The van der Waals surface area contributed by atoms with Crippen molar-refractivity contribution in [1.29, 1.82) is 5.26 Å². The van der Waals surface area contributed by atoms with Crippen LogP contribution in [0.15, 0.2) is 0 Å². The van der Waals surface area contributed by atoms with Crippen molar-refractivity contribution >= 4 is 0 Å². The Hall–Kier alpha value is -0.590. The van der Waals surface area contributed by atoms with Crippen LogP contribution >= 0.6 is 0 Å². The molecule has 1 saturated heterocycles. The van der Waals surface area contributed by atoms with Gasteiger partial charge in [-0.3, -0.25) is 0 Å². The standard InChI is InChI=1S/C10H19N3/c1-10(2,3-4-11)9-13-7-5-12-6-8-13/h12H,3,5-9H2,1-2H3. The Kier molecular flexibility index (Phi) is 3.71. The van der Waals surface area contributed by atoms with Gasteiger partial charge in [-0.2, -0.15) is 5.26 Å². The Bertz CT molecular complexity index is 187. The van der Waals surface area contributed by atoms with E-state index in [0.717, 1.165) is 32.7 Å². The molecule has 0 radical (unpaired) electrons. The number of nitrogens with zero attached hydrogens (tertiary/aromatic N) is 2. The Morgan fingerprint density at radius 2 is 2.00 bits per heavy atom. The van der Waals surface area contributed by atoms with Gasteiger partial charge >= 0.3 is 0 Å². The van der Waals surface area contributed by atoms with E-state index >= 15 is 0 Å². The number of rotatable bonds is 3. The Morgan fingerprint density at radius 1 is 1.38 bits per heavy atom. The van der Waals surface area contributed by atoms with E-state index in [1.165, 1.54) is 0 Å². The molecule has 0 bridgehead atoms. The highest BCUT2D eigenvalue weighted by molar-refractivity contribution is 4.85. The molecule has 13 heavy (non-hydrogen) atoms. The summed E-state index contributed by atoms with van der Waals surface area (Å²) in [6.07, 6.45) is 0.650. The van der Waals surface area contributed by atoms with Crippen LogP contribution < -0.4 is 5.32 Å². The monoisotopic (exact) mass is 181 g/mol. The maximum atomic E-state index is 8.65. The number of hydrogen-bond acceptors (Lipinski definition) is 3. The predicted octanol–water partition coefficient (Wildman–Crippen LogP) is 0.831. The zero-order valence-electron chi connectivity index (χ0n) is 8.64. The second kappa shape index (κ2) is 4.59. The van der Waals surface area contributed by atoms with E-state index in [4.69, 9.17) is 5.26 Å². The quantitative estimate of drug-likeness (QED) is 0.701. The fraction of sp³-hybridized carbons (Fsp3) is 0.900. The SMILES string of the molecule is CC(C)(CC#N)CN1CCNCC1. The number of piperazine rings is 1. The van der Waals surface area contributed by atoms with Crippen molar-refractivity contribution < 1.29 is 0 Å². The molecule has 1 heterocycles. The molecule has 0 aromatic carbocycles. The minimum Gasteiger partial charge on any atom is -0.314 e. The summed E-state index contributed by atoms with van der Waals surface area (Å²) in [5, 5.41) is 12.0. The Labute approximate surface area is 80.7 Å². The summed E-state index contributed by atoms with van der Waals surface area (Å²) in [4.78, 5) is 2.44. The molecule has 0 aromatic rings. The van der Waals surface area contributed by atoms with Crippen LogP contribution in [0.2, 0.25) is 0 Å². The molecular formula is C10H19N3. The van der Waals surface area contributed by atoms with Crippen molar-refractivity contribution in [2.24, 2.45) is 5.41 Å². The van der Waals surface area contributed by atoms with Crippen LogP contribution in [0.25, 0.3) is 0 Å². The van der Waals surface area contributed by atoms with E-state index in [1.807, 2.05) is 0 Å². The van der Waals surface area contributed by atoms with Crippen LogP contribution in [0, 0.1) is 16.7 Å². The Balaban J connectivity index is 2.33. The predicted molar refractivity (Wildman–Crippen MR) is 53.3 cm³/mol. The lowest BCUT2D eigenvalue weighted by Gasteiger charge is -2.33. The fourth-order valence-corrected chi connectivity index (χ4v) is 1.74. The molecule has 0 saturated carbocycles. The smallest absolute Gasteiger partial charge is 0.0627 e. The molecule has 0 aliphatic carbocycles. The van der Waals surface area contributed by atoms with Gasteiger partial charge in [0, 0.05) is 39.1 Å². The lowest BCUT2D eigenvalue weighted by molar-refractivity contribution is 0.163. The summed E-state index contributed by atoms with van der Waals surface area (Å²) >= 11 is 0. The molecule has 1 N–H and O–H groups in total. The zero-order chi connectivity index (χ0) is 9.73. The van der Waals surface area contributed by atoms with Gasteiger partial charge in [0.2, 0.25) is 0 Å². The number of nitriles is 1. The molecule has 1 rings (SSSR count). The second-order valence-electron chi connectivity index (χ2n) is 4.53. The van der Waals surface area contributed by atoms with Crippen LogP contribution in [-0.4, -0.2) is 37.6 Å². The van der Waals surface area contributed by atoms with Crippen LogP contribution in [0.3, 0.4) is 0 Å². The third-order valence-corrected chi connectivity index (χ3v) is 2.42. The van der Waals surface area contributed by atoms with E-state index in [1.54, 1.807) is 0 Å². The normalized spacial score (nSPS) is 19.8. The summed E-state index contributed by atoms with van der Waals surface area (Å²) < 4.78 is 0. The molecule has 1 aliphatic rings. The van der Waals surface area contributed by atoms with Gasteiger partial charge < -0.3 is 10.2 Å². The number of hydrogen-bond donors (Lipinski definition) is 1. The first-order chi connectivity index (χ1) is 6.14. The maximum Gasteiger partial charge on any atom is 0.0627 e. The first-order valence-corrected chi connectivity index (χ1v) is 4.94. The number of nitrogens with one attached hydrogen (secondary N) is 1. The maximum absolute atomic E-state index is 8.65. The van der Waals surface area contributed by atoms with E-state index in [0.29, 0.717) is 6.42 Å². The summed E-state index contributed by atoms with van der Waals surface area (Å²) in [5.41, 5.74) is 0.145. The minimum atomic E-state index is 0.145. The topological polar surface area (TPSA) is 39.1 Å². The van der Waals surface area contributed by atoms with Gasteiger partial charge in [-0.05, 0) is 5.41 Å². The third-order valence-electron chi connectivity index (χ3n) is 2.42. The second-order valence-corrected chi connectivity index (χ2v) is 4.53. The van der Waals surface area contributed by atoms with Gasteiger partial charge in [0.1, 0.15) is 0 Å². The summed E-state index contributed by atoms with van der Waals surface area (Å²) in [6.45, 7) is 9.79. The van der Waals surface area contributed by atoms with Crippen molar-refractivity contribution in [1.82, 2.24) is 10.2 Å². The lowest BCUT2D eigenvalue weighted by atomic mass is 9.89. The van der Waals surface area contributed by atoms with Crippen molar-refractivity contribution in [3.63, 3.8) is 0 Å². The Morgan fingerprint density at radius 3 is 2.54 bits per heavy atom. The highest BCUT2D eigenvalue weighted by Gasteiger charge is 2.22. The van der Waals surface area contributed by atoms with Gasteiger partial charge in [-0.1, -0.05) is 13.8 Å². The van der Waals surface area contributed by atoms with Crippen LogP contribution in [0.4, 0.5) is 0 Å². The molecule has 3 nitrogen and oxygen atoms in total. The average molecular weight is 181 g/mol. The van der Waals surface area contributed by atoms with Crippen molar-refractivity contribution in [3.05, 3.63) is 0 Å². The summed E-state index contributed by atoms with van der Waals surface area (Å²) in [6, 6.07) is 2.26. The molecule has 0 aromatic heterocycles. The van der Waals surface area contributed by atoms with Gasteiger partial charge in [0.05, 0.1) is 6.07 Å². The van der Waals surface area contributed by atoms with Crippen molar-refractivity contribution in [2.45, 2.75) is 20.3 Å². The average Bonchev–Trinajstić information content (AvgIpc) is 2.04. The van der Waals surface area contributed by atoms with Gasteiger partial charge in [-0.25, -0.2) is 0 Å². The van der Waals surface area contributed by atoms with Gasteiger partial charge in [0.15, 0.2) is 0 Å². The zero-order valence-corrected chi connectivity index (χ0v) is 8.64. The molecule has 0 spiro atoms. The van der Waals surface area contributed by atoms with Crippen LogP contribution in [0.5, 0.6) is 0 Å². The van der Waals surface area contributed by atoms with E-state index in [-0.39, 0.29) is 5.41 Å². The van der Waals surface area contributed by atoms with Gasteiger partial charge in [-0.15, -0.1) is 0 Å². The third kappa shape index (κ3) is 3.75. The van der Waals surface area contributed by atoms with E-state index in [9.17, 15) is 0 Å². The first kappa shape index (κ1) is 10.5. The molecule has 3 heteroatoms. The van der Waals surface area contributed by atoms with E-state index < -0.39 is 0 Å². The molecule has 1 fully saturated rings. The molecule has 1 aliphatic heterocycles. The highest BCUT2D eigenvalue weighted by atomic mass is 15.2. The van der Waals surface area contributed by atoms with Gasteiger partial charge in [0.25, 0.3) is 0 Å². The summed E-state index contributed by atoms with van der Waals surface area (Å²) in [5.74, 6) is 0. The van der Waals surface area contributed by atoms with Crippen LogP contribution in [-0.2, 0) is 0 Å². The largest absolute Gasteiger partial charge is 0.314 e. The van der Waals surface area contributed by atoms with Crippen LogP contribution in [0.1, 0.15) is 20.3 Å². The molecule has 0 atom stereocenters. The summed E-state index contributed by atoms with van der Waals surface area (Å²) in [7, 11) is 0. The highest BCUT2D eigenvalue weighted by Crippen LogP contribution is 2.21. The fourth-order valence-electron chi connectivity index (χ4n) is 1.74. The molecular weight excluding hydrogens is 162 g/mol. The lowest BCUT2D eigenvalue weighted by Crippen LogP contribution is -2.46. The van der Waals surface area contributed by atoms with Crippen molar-refractivity contribution in [3.8, 4) is 6.07 Å². The van der Waals surface area contributed by atoms with E-state index in [2.05, 4.69) is 30.1 Å². The molecule has 0 unspecified atom stereocenters. The molecule has 74 valence electrons. The minimum absolute atomic E-state index is 0.145. The molecule has 0 amide bonds. The first-order valence-electron chi connectivity index (χ1n) is 4.94. The van der Waals surface area contributed by atoms with Crippen molar-refractivity contribution in [2.75, 3.05) is 32.7 Å².